The molecule has 4 N–H and O–H groups in total. The molecule has 0 spiro atoms. The van der Waals surface area contributed by atoms with Gasteiger partial charge in [-0.25, -0.2) is 4.79 Å². The molecule has 0 radical (unpaired) electrons. The van der Waals surface area contributed by atoms with E-state index < -0.39 is 22.8 Å². The molecule has 83 heavy (non-hydrogen) atoms. The largest absolute Gasteiger partial charge is 0.480 e. The fourth-order valence-electron chi connectivity index (χ4n) is 25.2. The molecule has 20 atom stereocenters. The lowest BCUT2D eigenvalue weighted by Crippen LogP contribution is -2.67. The van der Waals surface area contributed by atoms with Crippen LogP contribution in [0.1, 0.15) is 257 Å². The lowest BCUT2D eigenvalue weighted by Gasteiger charge is -2.72. The molecule has 0 bridgehead atoms. The number of Topliss-reactive ketones (excluding diaryl/α,β-unsaturated/α-hetero) is 2. The second-order valence-electron chi connectivity index (χ2n) is 33.8. The normalized spacial score (nSPS) is 45.2. The smallest absolute Gasteiger partial charge is 0.326 e. The van der Waals surface area contributed by atoms with E-state index in [4.69, 9.17) is 0 Å². The fourth-order valence-corrected chi connectivity index (χ4v) is 25.2. The molecule has 20 unspecified atom stereocenters. The third-order valence-corrected chi connectivity index (χ3v) is 30.1. The molecule has 10 rings (SSSR count). The van der Waals surface area contributed by atoms with Crippen LogP contribution in [0, 0.1) is 119 Å². The molecule has 10 aliphatic rings. The van der Waals surface area contributed by atoms with Crippen LogP contribution in [0.3, 0.4) is 0 Å². The number of carboxylic acids is 1. The molecule has 0 aromatic carbocycles. The van der Waals surface area contributed by atoms with E-state index in [9.17, 15) is 33.9 Å². The molecule has 0 aliphatic heterocycles. The number of carbonyl (C=O) groups is 6. The van der Waals surface area contributed by atoms with Gasteiger partial charge in [-0.3, -0.25) is 24.0 Å². The van der Waals surface area contributed by atoms with Crippen LogP contribution in [-0.2, 0) is 28.8 Å². The Kier molecular flexibility index (Phi) is 16.5. The van der Waals surface area contributed by atoms with Crippen LogP contribution < -0.4 is 16.0 Å². The maximum Gasteiger partial charge on any atom is 0.326 e. The zero-order valence-corrected chi connectivity index (χ0v) is 54.5. The summed E-state index contributed by atoms with van der Waals surface area (Å²) < 4.78 is 0. The SMILES string of the molecule is C=C(C)C1CCC2(C(=O)NCCCCC(C)C(=O)NC(CCCCNC(=O)C34CCC(C(=C)C)C3C3CCC5C6(C)CCC(=O)C(C)(C)C6CCC5(C)C3(C)CC4)C(=O)O)CCC3(C)C(CCC4C5(C)CCC(=O)C(C)(C)C5CCC43C)C12. The van der Waals surface area contributed by atoms with Gasteiger partial charge in [0.15, 0.2) is 0 Å². The highest BCUT2D eigenvalue weighted by molar-refractivity contribution is 5.87. The number of carboxylic acid groups (broad SMARTS) is 1. The zero-order valence-electron chi connectivity index (χ0n) is 54.5. The van der Waals surface area contributed by atoms with Crippen LogP contribution >= 0.6 is 0 Å². The Morgan fingerprint density at radius 1 is 0.506 bits per heavy atom. The van der Waals surface area contributed by atoms with Crippen LogP contribution in [0.4, 0.5) is 0 Å². The molecule has 10 fully saturated rings. The van der Waals surface area contributed by atoms with Crippen LogP contribution in [0.5, 0.6) is 0 Å². The summed E-state index contributed by atoms with van der Waals surface area (Å²) in [5.74, 6) is 3.63. The van der Waals surface area contributed by atoms with Crippen LogP contribution in [0.25, 0.3) is 0 Å². The van der Waals surface area contributed by atoms with E-state index in [0.29, 0.717) is 111 Å². The molecule has 10 aliphatic carbocycles. The first-order valence-corrected chi connectivity index (χ1v) is 34.3. The van der Waals surface area contributed by atoms with Gasteiger partial charge in [0.2, 0.25) is 17.7 Å². The number of rotatable bonds is 17. The Hall–Kier alpha value is -3.30. The van der Waals surface area contributed by atoms with Crippen molar-refractivity contribution in [3.63, 3.8) is 0 Å². The first-order chi connectivity index (χ1) is 38.8. The fraction of sp³-hybridized carbons (Fsp3) is 0.863. The number of aliphatic carboxylic acids is 1. The zero-order chi connectivity index (χ0) is 60.5. The van der Waals surface area contributed by atoms with Crippen LogP contribution in [0.2, 0.25) is 0 Å². The van der Waals surface area contributed by atoms with Crippen molar-refractivity contribution in [2.24, 2.45) is 119 Å². The topological polar surface area (TPSA) is 159 Å². The Balaban J connectivity index is 0.690. The van der Waals surface area contributed by atoms with Gasteiger partial charge in [0.1, 0.15) is 17.6 Å². The summed E-state index contributed by atoms with van der Waals surface area (Å²) in [4.78, 5) is 82.3. The van der Waals surface area contributed by atoms with Crippen molar-refractivity contribution in [1.82, 2.24) is 16.0 Å². The van der Waals surface area contributed by atoms with Crippen LogP contribution in [-0.4, -0.2) is 59.5 Å². The number of nitrogens with one attached hydrogen (secondary N) is 3. The van der Waals surface area contributed by atoms with E-state index in [1.165, 1.54) is 17.6 Å². The summed E-state index contributed by atoms with van der Waals surface area (Å²) in [5.41, 5.74) is 1.83. The number of hydrogen-bond donors (Lipinski definition) is 4. The van der Waals surface area contributed by atoms with E-state index in [0.717, 1.165) is 122 Å². The standard InChI is InChI=1S/C73H115N3O7/c1-44(2)47-26-36-72(40-38-68(12)49(58(47)72)22-24-54-66(10)32-30-56(77)64(6,7)52(66)28-34-70(54,68)14)62(82)74-42-18-16-20-46(5)60(79)76-51(61(80)81)21-17-19-43-75-63(83)73-37-27-48(45(3)4)59(73)50-23-25-55-67(11)33-31-57(78)65(8,9)53(67)29-35-71(55,15)69(50,13)39-41-73/h46-55,58-59H,1,3,16-43H2,2,4-15H3,(H,74,82)(H,75,83)(H,76,79)(H,80,81). The number of hydrogen-bond acceptors (Lipinski definition) is 6. The summed E-state index contributed by atoms with van der Waals surface area (Å²) in [6.45, 7) is 40.8. The molecule has 10 nitrogen and oxygen atoms in total. The van der Waals surface area contributed by atoms with Gasteiger partial charge in [-0.1, -0.05) is 107 Å². The van der Waals surface area contributed by atoms with Gasteiger partial charge >= 0.3 is 5.97 Å². The van der Waals surface area contributed by atoms with Gasteiger partial charge in [-0.05, 0) is 253 Å². The van der Waals surface area contributed by atoms with Crippen molar-refractivity contribution in [2.45, 2.75) is 263 Å². The molecular formula is C73H115N3O7. The summed E-state index contributed by atoms with van der Waals surface area (Å²) in [6.07, 6.45) is 23.8. The second kappa shape index (κ2) is 21.8. The number of unbranched alkanes of at least 4 members (excludes halogenated alkanes) is 2. The van der Waals surface area contributed by atoms with E-state index in [-0.39, 0.29) is 78.8 Å². The third-order valence-electron chi connectivity index (χ3n) is 30.1. The molecule has 0 aromatic heterocycles. The molecule has 464 valence electrons. The van der Waals surface area contributed by atoms with Gasteiger partial charge in [0.25, 0.3) is 0 Å². The minimum Gasteiger partial charge on any atom is -0.480 e. The molecule has 3 amide bonds. The number of carbonyl (C=O) groups excluding carboxylic acids is 5. The van der Waals surface area contributed by atoms with Gasteiger partial charge < -0.3 is 21.1 Å². The van der Waals surface area contributed by atoms with E-state index in [2.05, 4.69) is 112 Å². The van der Waals surface area contributed by atoms with E-state index >= 15 is 0 Å². The molecule has 10 saturated carbocycles. The monoisotopic (exact) mass is 1150 g/mol. The molecule has 10 heteroatoms. The van der Waals surface area contributed by atoms with Crippen molar-refractivity contribution in [3.05, 3.63) is 24.3 Å². The summed E-state index contributed by atoms with van der Waals surface area (Å²) >= 11 is 0. The summed E-state index contributed by atoms with van der Waals surface area (Å²) in [6, 6.07) is -1.00. The van der Waals surface area contributed by atoms with E-state index in [1.54, 1.807) is 0 Å². The second-order valence-corrected chi connectivity index (χ2v) is 33.8. The average molecular weight is 1150 g/mol. The predicted molar refractivity (Wildman–Crippen MR) is 330 cm³/mol. The van der Waals surface area contributed by atoms with Gasteiger partial charge in [0, 0.05) is 42.7 Å². The predicted octanol–water partition coefficient (Wildman–Crippen LogP) is 15.2. The molecular weight excluding hydrogens is 1030 g/mol. The minimum atomic E-state index is -1.04. The molecule has 0 heterocycles. The Bertz CT molecular complexity index is 2620. The molecule has 0 saturated heterocycles. The highest BCUT2D eigenvalue weighted by Crippen LogP contribution is 2.79. The van der Waals surface area contributed by atoms with E-state index in [1.807, 2.05) is 6.92 Å². The van der Waals surface area contributed by atoms with Gasteiger partial charge in [0.05, 0.1) is 10.8 Å². The summed E-state index contributed by atoms with van der Waals surface area (Å²) in [7, 11) is 0. The van der Waals surface area contributed by atoms with Crippen molar-refractivity contribution in [1.29, 1.82) is 0 Å². The molecule has 0 aromatic rings. The Morgan fingerprint density at radius 2 is 0.916 bits per heavy atom. The van der Waals surface area contributed by atoms with Crippen molar-refractivity contribution >= 4 is 35.3 Å². The lowest BCUT2D eigenvalue weighted by molar-refractivity contribution is -0.233. The van der Waals surface area contributed by atoms with Crippen molar-refractivity contribution < 1.29 is 33.9 Å². The number of ketones is 2. The Morgan fingerprint density at radius 3 is 1.31 bits per heavy atom. The number of fused-ring (bicyclic) bond motifs is 14. The lowest BCUT2D eigenvalue weighted by atomic mass is 9.32. The minimum absolute atomic E-state index is 0.0943. The first kappa shape index (κ1) is 62.7. The third kappa shape index (κ3) is 9.34. The number of amides is 3. The Labute approximate surface area is 502 Å². The maximum atomic E-state index is 14.8. The summed E-state index contributed by atoms with van der Waals surface area (Å²) in [5, 5.41) is 20.0. The van der Waals surface area contributed by atoms with Gasteiger partial charge in [-0.2, -0.15) is 0 Å². The highest BCUT2D eigenvalue weighted by Gasteiger charge is 2.74. The average Bonchev–Trinajstić information content (AvgIpc) is 1.60. The first-order valence-electron chi connectivity index (χ1n) is 34.3. The quantitative estimate of drug-likeness (QED) is 0.0834. The number of allylic oxidation sites excluding steroid dienone is 2. The van der Waals surface area contributed by atoms with Crippen molar-refractivity contribution in [3.8, 4) is 0 Å². The van der Waals surface area contributed by atoms with Crippen LogP contribution in [0.15, 0.2) is 24.3 Å². The van der Waals surface area contributed by atoms with Crippen molar-refractivity contribution in [2.75, 3.05) is 13.1 Å². The van der Waals surface area contributed by atoms with Gasteiger partial charge in [-0.15, -0.1) is 0 Å². The highest BCUT2D eigenvalue weighted by atomic mass is 16.4. The maximum absolute atomic E-state index is 14.8.